The number of primary amides is 1. The minimum Gasteiger partial charge on any atom is -0.469 e. The molecule has 6 atom stereocenters. The summed E-state index contributed by atoms with van der Waals surface area (Å²) in [5.41, 5.74) is 1.49. The molecule has 5 heterocycles. The van der Waals surface area contributed by atoms with Gasteiger partial charge in [0.05, 0.1) is 62.9 Å². The minimum atomic E-state index is -4.94. The molecule has 3 aliphatic rings. The van der Waals surface area contributed by atoms with Crippen molar-refractivity contribution < 1.29 is 82.4 Å². The first kappa shape index (κ1) is 65.3. The lowest BCUT2D eigenvalue weighted by molar-refractivity contribution is -0.229. The highest BCUT2D eigenvalue weighted by Gasteiger charge is 2.56. The second-order valence-electron chi connectivity index (χ2n) is 22.6. The summed E-state index contributed by atoms with van der Waals surface area (Å²) in [4.78, 5) is 57.5. The first-order valence-electron chi connectivity index (χ1n) is 26.5. The van der Waals surface area contributed by atoms with E-state index in [1.54, 1.807) is 30.5 Å². The number of carbonyl (C=O) groups is 4. The fourth-order valence-corrected chi connectivity index (χ4v) is 10.2. The SMILES string of the molecule is COC(=O)C[C@H](C(N)=O)C(C)(C)C(F)(F)F.COC(=O)N[C@H](C(=O)C[C@@H](Cc1ccc(C#Cc2ccc(N3CC4CCC(C3)N4CC3(C)COC3)nc2)cc1)[C@@H](O)CNCc1c(F)cc(-c2cnn(C(F)F)c2)cc1F)C(C)(C)C(F)(F)F. The number of carbonyl (C=O) groups excluding carboxylic acids is 4. The average Bonchev–Trinajstić information content (AvgIpc) is 4.05. The number of aromatic nitrogens is 3. The number of amides is 2. The van der Waals surface area contributed by atoms with Crippen LogP contribution in [-0.2, 0) is 41.6 Å². The molecule has 3 fully saturated rings. The van der Waals surface area contributed by atoms with Crippen molar-refractivity contribution in [2.45, 2.75) is 116 Å². The third kappa shape index (κ3) is 16.3. The van der Waals surface area contributed by atoms with Crippen molar-refractivity contribution in [3.8, 4) is 23.0 Å². The lowest BCUT2D eigenvalue weighted by Gasteiger charge is -2.48. The Morgan fingerprint density at radius 1 is 0.843 bits per heavy atom. The molecule has 0 aliphatic carbocycles. The summed E-state index contributed by atoms with van der Waals surface area (Å²) in [7, 11) is 1.97. The largest absolute Gasteiger partial charge is 0.469 e. The number of aliphatic hydroxyl groups is 1. The molecule has 7 rings (SSSR count). The van der Waals surface area contributed by atoms with E-state index in [1.807, 2.05) is 17.4 Å². The molecule has 83 heavy (non-hydrogen) atoms. The molecule has 3 aliphatic heterocycles. The fraction of sp³-hybridized carbons (Fsp3) is 0.544. The van der Waals surface area contributed by atoms with Crippen molar-refractivity contribution in [2.24, 2.45) is 33.8 Å². The van der Waals surface area contributed by atoms with Crippen molar-refractivity contribution in [1.82, 2.24) is 30.3 Å². The number of ketones is 1. The highest BCUT2D eigenvalue weighted by molar-refractivity contribution is 5.88. The maximum Gasteiger partial charge on any atom is 0.407 e. The number of piperazine rings is 1. The lowest BCUT2D eigenvalue weighted by atomic mass is 9.76. The number of rotatable bonds is 21. The molecule has 3 saturated heterocycles. The Morgan fingerprint density at radius 2 is 1.43 bits per heavy atom. The van der Waals surface area contributed by atoms with Gasteiger partial charge in [-0.25, -0.2) is 23.2 Å². The third-order valence-corrected chi connectivity index (χ3v) is 15.7. The van der Waals surface area contributed by atoms with Crippen LogP contribution >= 0.6 is 0 Å². The van der Waals surface area contributed by atoms with E-state index in [1.165, 1.54) is 12.8 Å². The number of pyridine rings is 1. The summed E-state index contributed by atoms with van der Waals surface area (Å²) >= 11 is 0. The standard InChI is InChI=1S/C48H54F7N7O5.C9H14F3NO3/c1-46(2,48(53,54)55)43(59-45(65)66-4)40(63)18-33(41(64)22-56-21-37-38(49)16-32(17-39(37)50)34-20-58-62(23-34)44(51)52)15-30-8-5-29(6-9-30)7-10-31-11-14-42(57-19-31)60-24-35-12-13-36(25-60)61(35)26-47(3)27-67-28-47;1-8(2,9(10,11)12)5(7(13)15)4-6(14)16-3/h5-6,8-9,11,14,16-17,19-20,23,33,35-36,41,43-44,56,64H,12-13,15,18,21-22,24-28H2,1-4H3,(H,59,65);5H,4H2,1-3H3,(H2,13,15)/t33-,35?,36?,41+,43-;5-/m11/s1. The molecule has 0 radical (unpaired) electrons. The molecule has 5 N–H and O–H groups in total. The third-order valence-electron chi connectivity index (χ3n) is 15.7. The van der Waals surface area contributed by atoms with Crippen LogP contribution in [0.1, 0.15) is 89.1 Å². The van der Waals surface area contributed by atoms with E-state index >= 15 is 8.78 Å². The predicted molar refractivity (Wildman–Crippen MR) is 283 cm³/mol. The van der Waals surface area contributed by atoms with E-state index in [9.17, 15) is 59.4 Å². The molecule has 2 aromatic heterocycles. The van der Waals surface area contributed by atoms with Crippen molar-refractivity contribution in [1.29, 1.82) is 0 Å². The Hall–Kier alpha value is -6.82. The van der Waals surface area contributed by atoms with Gasteiger partial charge < -0.3 is 40.6 Å². The summed E-state index contributed by atoms with van der Waals surface area (Å²) in [5, 5.41) is 19.7. The Bertz CT molecular complexity index is 2920. The molecule has 0 saturated carbocycles. The molecule has 4 aromatic rings. The Balaban J connectivity index is 0.000000602. The first-order chi connectivity index (χ1) is 38.8. The van der Waals surface area contributed by atoms with Gasteiger partial charge in [-0.05, 0) is 86.6 Å². The average molecular weight is 1180 g/mol. The zero-order chi connectivity index (χ0) is 61.4. The number of hydrogen-bond acceptors (Lipinski definition) is 13. The number of nitrogens with two attached hydrogens (primary N) is 1. The van der Waals surface area contributed by atoms with Gasteiger partial charge in [0, 0.05) is 91.3 Å². The van der Waals surface area contributed by atoms with Crippen LogP contribution in [0.5, 0.6) is 0 Å². The number of hydrogen-bond donors (Lipinski definition) is 4. The monoisotopic (exact) mass is 1180 g/mol. The quantitative estimate of drug-likeness (QED) is 0.0352. The summed E-state index contributed by atoms with van der Waals surface area (Å²) < 4.78 is 152. The Labute approximate surface area is 473 Å². The van der Waals surface area contributed by atoms with Crippen LogP contribution in [-0.4, -0.2) is 139 Å². The molecule has 26 heteroatoms. The van der Waals surface area contributed by atoms with Crippen LogP contribution in [0.3, 0.4) is 0 Å². The number of halogens is 10. The molecular formula is C57H68F10N8O8. The van der Waals surface area contributed by atoms with Crippen molar-refractivity contribution in [3.05, 3.63) is 101 Å². The van der Waals surface area contributed by atoms with Gasteiger partial charge in [0.1, 0.15) is 23.5 Å². The number of nitrogens with zero attached hydrogens (tertiary/aromatic N) is 5. The molecule has 2 unspecified atom stereocenters. The van der Waals surface area contributed by atoms with Crippen LogP contribution in [0.4, 0.5) is 54.5 Å². The minimum absolute atomic E-state index is 0.0293. The number of alkyl carbamates (subject to hydrolysis) is 1. The van der Waals surface area contributed by atoms with Crippen LogP contribution in [0.25, 0.3) is 11.1 Å². The van der Waals surface area contributed by atoms with Crippen LogP contribution in [0.2, 0.25) is 0 Å². The lowest BCUT2D eigenvalue weighted by Crippen LogP contribution is -2.59. The molecule has 2 amide bonds. The van der Waals surface area contributed by atoms with E-state index < -0.39 is 114 Å². The number of alkyl halides is 8. The van der Waals surface area contributed by atoms with E-state index in [0.29, 0.717) is 33.5 Å². The van der Waals surface area contributed by atoms with Crippen LogP contribution < -0.4 is 21.3 Å². The molecule has 0 spiro atoms. The number of fused-ring (bicyclic) bond motifs is 2. The first-order valence-corrected chi connectivity index (χ1v) is 26.5. The Morgan fingerprint density at radius 3 is 1.93 bits per heavy atom. The maximum absolute atomic E-state index is 15.2. The summed E-state index contributed by atoms with van der Waals surface area (Å²) in [6.45, 7) is 6.19. The second-order valence-corrected chi connectivity index (χ2v) is 22.6. The number of esters is 1. The number of methoxy groups -OCH3 is 2. The molecule has 454 valence electrons. The number of Topliss-reactive ketones (excluding diaryl/α,β-unsaturated/α-hetero) is 1. The molecule has 2 aromatic carbocycles. The number of ether oxygens (including phenoxy) is 3. The van der Waals surface area contributed by atoms with E-state index in [-0.39, 0.29) is 29.5 Å². The van der Waals surface area contributed by atoms with E-state index in [4.69, 9.17) is 15.5 Å². The predicted octanol–water partition coefficient (Wildman–Crippen LogP) is 8.53. The summed E-state index contributed by atoms with van der Waals surface area (Å²) in [5.74, 6) is -0.707. The Kier molecular flexibility index (Phi) is 21.1. The number of anilines is 1. The fourth-order valence-electron chi connectivity index (χ4n) is 10.2. The highest BCUT2D eigenvalue weighted by Crippen LogP contribution is 2.45. The number of nitrogens with one attached hydrogen (secondary N) is 2. The van der Waals surface area contributed by atoms with Crippen molar-refractivity contribution in [2.75, 3.05) is 58.5 Å². The topological polar surface area (TPSA) is 203 Å². The van der Waals surface area contributed by atoms with Gasteiger partial charge in [-0.2, -0.15) is 40.2 Å². The normalized spacial score (nSPS) is 18.6. The summed E-state index contributed by atoms with van der Waals surface area (Å²) in [6, 6.07) is 11.5. The second kappa shape index (κ2) is 26.8. The smallest absolute Gasteiger partial charge is 0.407 e. The van der Waals surface area contributed by atoms with Gasteiger partial charge in [0.25, 0.3) is 0 Å². The number of benzene rings is 2. The van der Waals surface area contributed by atoms with Gasteiger partial charge in [0.2, 0.25) is 5.91 Å². The van der Waals surface area contributed by atoms with E-state index in [2.05, 4.69) is 48.5 Å². The number of aliphatic hydroxyl groups excluding tert-OH is 1. The van der Waals surface area contributed by atoms with Crippen molar-refractivity contribution >= 4 is 29.6 Å². The van der Waals surface area contributed by atoms with Crippen LogP contribution in [0.15, 0.2) is 67.1 Å². The van der Waals surface area contributed by atoms with Crippen LogP contribution in [0, 0.1) is 51.6 Å². The van der Waals surface area contributed by atoms with Gasteiger partial charge in [-0.15, -0.1) is 0 Å². The van der Waals surface area contributed by atoms with Gasteiger partial charge in [-0.1, -0.05) is 44.7 Å². The zero-order valence-corrected chi connectivity index (χ0v) is 46.8. The van der Waals surface area contributed by atoms with Gasteiger partial charge >= 0.3 is 31.0 Å². The van der Waals surface area contributed by atoms with Gasteiger partial charge in [-0.3, -0.25) is 19.3 Å². The summed E-state index contributed by atoms with van der Waals surface area (Å²) in [6.07, 6.45) is -7.59. The van der Waals surface area contributed by atoms with E-state index in [0.717, 1.165) is 105 Å². The molecule has 2 bridgehead atoms. The zero-order valence-electron chi connectivity index (χ0n) is 46.8. The van der Waals surface area contributed by atoms with Gasteiger partial charge in [0.15, 0.2) is 5.78 Å². The molecular weight excluding hydrogens is 1110 g/mol. The molecule has 16 nitrogen and oxygen atoms in total. The highest BCUT2D eigenvalue weighted by atomic mass is 19.4. The maximum atomic E-state index is 15.2. The van der Waals surface area contributed by atoms with Crippen molar-refractivity contribution in [3.63, 3.8) is 0 Å².